The van der Waals surface area contributed by atoms with E-state index in [1.165, 1.54) is 173 Å². The Labute approximate surface area is 609 Å². The van der Waals surface area contributed by atoms with Gasteiger partial charge in [0, 0.05) is 25.7 Å². The Hall–Kier alpha value is -3.50. The molecule has 3 N–H and O–H groups in total. The molecular weight excluding hydrogens is 1310 g/mol. The Morgan fingerprint density at radius 1 is 0.290 bits per heavy atom. The van der Waals surface area contributed by atoms with Gasteiger partial charge in [-0.1, -0.05) is 345 Å². The standard InChI is InChI=1S/C81H146O17P2/c1-5-9-13-17-21-25-29-32-35-36-37-38-41-43-47-50-54-58-62-66-79(84)92-72-77(98-81(86)68-64-60-56-52-48-44-40-34-31-27-23-19-15-11-7-3)74-96-100(89,90)94-70-75(82)69-93-99(87,88)95-73-76(97-80(85)67-63-59-55-51-45-28-24-20-16-12-8-4)71-91-78(83)65-61-57-53-49-46-42-39-33-30-26-22-18-14-10-6-2/h9,13,21,25,32,35,37-38,43,47,54,58,75-77,82H,5-8,10-12,14-20,22-24,26-31,33-34,36,39-42,44-46,48-53,55-57,59-74H2,1-4H3,(H,87,88)(H,89,90)/b13-9-,25-21-,35-32-,38-37-,47-43-,58-54-. The number of unbranched alkanes of at least 4 members (excludes halogenated alkanes) is 38. The fourth-order valence-electron chi connectivity index (χ4n) is 11.1. The number of aliphatic hydroxyl groups is 1. The monoisotopic (exact) mass is 1450 g/mol. The lowest BCUT2D eigenvalue weighted by atomic mass is 10.0. The summed E-state index contributed by atoms with van der Waals surface area (Å²) in [6, 6.07) is 0. The summed E-state index contributed by atoms with van der Waals surface area (Å²) in [7, 11) is -9.95. The molecule has 5 unspecified atom stereocenters. The van der Waals surface area contributed by atoms with Gasteiger partial charge in [0.05, 0.1) is 26.4 Å². The molecule has 0 spiro atoms. The Balaban J connectivity index is 5.35. The molecule has 0 rings (SSSR count). The number of allylic oxidation sites excluding steroid dienone is 12. The van der Waals surface area contributed by atoms with E-state index in [2.05, 4.69) is 88.5 Å². The Morgan fingerprint density at radius 3 is 0.800 bits per heavy atom. The van der Waals surface area contributed by atoms with Crippen LogP contribution in [0.25, 0.3) is 0 Å². The maximum absolute atomic E-state index is 13.1. The predicted molar refractivity (Wildman–Crippen MR) is 409 cm³/mol. The smallest absolute Gasteiger partial charge is 0.462 e. The van der Waals surface area contributed by atoms with Gasteiger partial charge >= 0.3 is 39.5 Å². The lowest BCUT2D eigenvalue weighted by Gasteiger charge is -2.21. The molecule has 0 saturated carbocycles. The minimum atomic E-state index is -4.98. The lowest BCUT2D eigenvalue weighted by Crippen LogP contribution is -2.30. The van der Waals surface area contributed by atoms with Gasteiger partial charge in [-0.25, -0.2) is 9.13 Å². The zero-order chi connectivity index (χ0) is 73.2. The predicted octanol–water partition coefficient (Wildman–Crippen LogP) is 23.2. The molecule has 19 heteroatoms. The SMILES string of the molecule is CC/C=C\C/C=C\C/C=C\C/C=C\C/C=C\C/C=C\CCC(=O)OCC(COP(=O)(O)OCC(O)COP(=O)(O)OCC(COC(=O)CCCCCCCCCCCCCCCCC)OC(=O)CCCCCCCCCCCCC)OC(=O)CCCCCCCCCCCCCCCCC. The van der Waals surface area contributed by atoms with E-state index >= 15 is 0 Å². The second-order valence-electron chi connectivity index (χ2n) is 27.0. The summed E-state index contributed by atoms with van der Waals surface area (Å²) in [5.41, 5.74) is 0. The van der Waals surface area contributed by atoms with E-state index in [9.17, 15) is 43.2 Å². The molecule has 582 valence electrons. The molecule has 0 bridgehead atoms. The van der Waals surface area contributed by atoms with Gasteiger partial charge in [-0.05, 0) is 64.2 Å². The van der Waals surface area contributed by atoms with E-state index in [0.717, 1.165) is 103 Å². The number of hydrogen-bond acceptors (Lipinski definition) is 15. The van der Waals surface area contributed by atoms with Crippen molar-refractivity contribution in [1.29, 1.82) is 0 Å². The number of rotatable bonds is 76. The van der Waals surface area contributed by atoms with Crippen LogP contribution in [0, 0.1) is 0 Å². The number of carbonyl (C=O) groups is 4. The van der Waals surface area contributed by atoms with Crippen LogP contribution in [0.5, 0.6) is 0 Å². The van der Waals surface area contributed by atoms with Crippen LogP contribution >= 0.6 is 15.6 Å². The van der Waals surface area contributed by atoms with Crippen LogP contribution in [0.1, 0.15) is 362 Å². The van der Waals surface area contributed by atoms with Gasteiger partial charge in [-0.15, -0.1) is 0 Å². The highest BCUT2D eigenvalue weighted by Crippen LogP contribution is 2.45. The van der Waals surface area contributed by atoms with Crippen LogP contribution in [-0.2, 0) is 65.4 Å². The molecule has 100 heavy (non-hydrogen) atoms. The fraction of sp³-hybridized carbons (Fsp3) is 0.802. The summed E-state index contributed by atoms with van der Waals surface area (Å²) in [5, 5.41) is 10.6. The molecule has 0 aromatic carbocycles. The number of hydrogen-bond donors (Lipinski definition) is 3. The van der Waals surface area contributed by atoms with Gasteiger partial charge in [0.2, 0.25) is 0 Å². The second-order valence-corrected chi connectivity index (χ2v) is 29.9. The molecule has 0 heterocycles. The number of esters is 4. The maximum Gasteiger partial charge on any atom is 0.472 e. The zero-order valence-electron chi connectivity index (χ0n) is 63.6. The molecule has 0 aliphatic rings. The third-order valence-electron chi connectivity index (χ3n) is 17.2. The van der Waals surface area contributed by atoms with Crippen LogP contribution in [0.2, 0.25) is 0 Å². The van der Waals surface area contributed by atoms with E-state index < -0.39 is 97.5 Å². The van der Waals surface area contributed by atoms with Crippen LogP contribution in [0.3, 0.4) is 0 Å². The van der Waals surface area contributed by atoms with Crippen LogP contribution < -0.4 is 0 Å². The Bertz CT molecular complexity index is 2180. The van der Waals surface area contributed by atoms with Gasteiger partial charge < -0.3 is 33.8 Å². The zero-order valence-corrected chi connectivity index (χ0v) is 65.4. The van der Waals surface area contributed by atoms with E-state index in [0.29, 0.717) is 32.1 Å². The number of carbonyl (C=O) groups excluding carboxylic acids is 4. The molecule has 0 radical (unpaired) electrons. The first-order valence-electron chi connectivity index (χ1n) is 40.2. The van der Waals surface area contributed by atoms with Crippen molar-refractivity contribution in [2.24, 2.45) is 0 Å². The van der Waals surface area contributed by atoms with Gasteiger partial charge in [-0.3, -0.25) is 37.3 Å². The summed E-state index contributed by atoms with van der Waals surface area (Å²) in [6.07, 6.45) is 74.7. The topological polar surface area (TPSA) is 237 Å². The first-order valence-corrected chi connectivity index (χ1v) is 43.2. The van der Waals surface area contributed by atoms with Crippen molar-refractivity contribution in [1.82, 2.24) is 0 Å². The highest BCUT2D eigenvalue weighted by Gasteiger charge is 2.30. The summed E-state index contributed by atoms with van der Waals surface area (Å²) < 4.78 is 68.5. The molecular formula is C81H146O17P2. The van der Waals surface area contributed by atoms with Crippen LogP contribution in [0.4, 0.5) is 0 Å². The quantitative estimate of drug-likeness (QED) is 0.0169. The van der Waals surface area contributed by atoms with Crippen molar-refractivity contribution >= 4 is 39.5 Å². The van der Waals surface area contributed by atoms with Crippen molar-refractivity contribution in [3.8, 4) is 0 Å². The number of phosphoric acid groups is 2. The maximum atomic E-state index is 13.1. The first kappa shape index (κ1) is 96.5. The van der Waals surface area contributed by atoms with Gasteiger partial charge in [-0.2, -0.15) is 0 Å². The minimum Gasteiger partial charge on any atom is -0.462 e. The van der Waals surface area contributed by atoms with E-state index in [-0.39, 0.29) is 25.7 Å². The summed E-state index contributed by atoms with van der Waals surface area (Å²) in [4.78, 5) is 72.9. The summed E-state index contributed by atoms with van der Waals surface area (Å²) >= 11 is 0. The van der Waals surface area contributed by atoms with Gasteiger partial charge in [0.15, 0.2) is 12.2 Å². The highest BCUT2D eigenvalue weighted by atomic mass is 31.2. The molecule has 0 aliphatic carbocycles. The molecule has 0 fully saturated rings. The molecule has 0 aliphatic heterocycles. The van der Waals surface area contributed by atoms with Crippen molar-refractivity contribution in [3.05, 3.63) is 72.9 Å². The van der Waals surface area contributed by atoms with Gasteiger partial charge in [0.1, 0.15) is 19.3 Å². The third kappa shape index (κ3) is 72.8. The van der Waals surface area contributed by atoms with Gasteiger partial charge in [0.25, 0.3) is 0 Å². The second kappa shape index (κ2) is 73.8. The van der Waals surface area contributed by atoms with Crippen molar-refractivity contribution in [2.75, 3.05) is 39.6 Å². The largest absolute Gasteiger partial charge is 0.472 e. The number of aliphatic hydroxyl groups excluding tert-OH is 1. The fourth-order valence-corrected chi connectivity index (χ4v) is 12.7. The lowest BCUT2D eigenvalue weighted by molar-refractivity contribution is -0.161. The third-order valence-corrected chi connectivity index (χ3v) is 19.1. The molecule has 0 aromatic heterocycles. The van der Waals surface area contributed by atoms with Crippen molar-refractivity contribution in [3.63, 3.8) is 0 Å². The molecule has 5 atom stereocenters. The Morgan fingerprint density at radius 2 is 0.520 bits per heavy atom. The average Bonchev–Trinajstić information content (AvgIpc) is 0.985. The van der Waals surface area contributed by atoms with Crippen molar-refractivity contribution in [2.45, 2.75) is 380 Å². The minimum absolute atomic E-state index is 0.0405. The molecule has 0 amide bonds. The van der Waals surface area contributed by atoms with E-state index in [4.69, 9.17) is 37.0 Å². The molecule has 0 aromatic rings. The summed E-state index contributed by atoms with van der Waals surface area (Å²) in [6.45, 7) is 4.75. The normalized spacial score (nSPS) is 14.3. The summed E-state index contributed by atoms with van der Waals surface area (Å²) in [5.74, 6) is -2.24. The van der Waals surface area contributed by atoms with E-state index in [1.807, 2.05) is 12.2 Å². The highest BCUT2D eigenvalue weighted by molar-refractivity contribution is 7.47. The average molecular weight is 1450 g/mol. The van der Waals surface area contributed by atoms with Crippen molar-refractivity contribution < 1.29 is 80.2 Å². The van der Waals surface area contributed by atoms with E-state index in [1.54, 1.807) is 0 Å². The number of phosphoric ester groups is 2. The van der Waals surface area contributed by atoms with Crippen LogP contribution in [0.15, 0.2) is 72.9 Å². The number of ether oxygens (including phenoxy) is 4. The first-order chi connectivity index (χ1) is 48.7. The Kier molecular flexibility index (Phi) is 71.2. The molecule has 0 saturated heterocycles. The van der Waals surface area contributed by atoms with Crippen LogP contribution in [-0.4, -0.2) is 96.7 Å². The molecule has 17 nitrogen and oxygen atoms in total.